The lowest BCUT2D eigenvalue weighted by Crippen LogP contribution is -2.35. The van der Waals surface area contributed by atoms with Gasteiger partial charge in [-0.25, -0.2) is 4.68 Å². The van der Waals surface area contributed by atoms with Crippen LogP contribution in [-0.4, -0.2) is 28.5 Å². The number of halogens is 3. The Balaban J connectivity index is 1.57. The van der Waals surface area contributed by atoms with E-state index >= 15 is 0 Å². The number of hydrogen-bond acceptors (Lipinski definition) is 5. The zero-order chi connectivity index (χ0) is 21.3. The van der Waals surface area contributed by atoms with Crippen LogP contribution in [0.15, 0.2) is 53.1 Å². The second-order valence-corrected chi connectivity index (χ2v) is 6.78. The van der Waals surface area contributed by atoms with E-state index in [9.17, 15) is 18.0 Å². The Kier molecular flexibility index (Phi) is 5.15. The molecule has 3 aromatic rings. The molecule has 7 nitrogen and oxygen atoms in total. The average Bonchev–Trinajstić information content (AvgIpc) is 3.38. The van der Waals surface area contributed by atoms with Crippen molar-refractivity contribution in [1.29, 1.82) is 0 Å². The van der Waals surface area contributed by atoms with E-state index < -0.39 is 24.2 Å². The summed E-state index contributed by atoms with van der Waals surface area (Å²) >= 11 is 0. The van der Waals surface area contributed by atoms with Gasteiger partial charge in [0.15, 0.2) is 11.7 Å². The number of nitrogens with one attached hydrogen (secondary N) is 2. The van der Waals surface area contributed by atoms with Crippen LogP contribution in [0.3, 0.4) is 0 Å². The molecule has 0 aliphatic carbocycles. The molecule has 1 amide bonds. The number of amides is 1. The van der Waals surface area contributed by atoms with Gasteiger partial charge in [0.2, 0.25) is 0 Å². The monoisotopic (exact) mass is 420 g/mol. The number of benzene rings is 1. The SMILES string of the molecule is CCOc1ccc(NC(=O)c2cc3n(n2)[C@H](C(F)(F)F)C[C@H](c2ccco2)N3)cc1. The summed E-state index contributed by atoms with van der Waals surface area (Å²) in [7, 11) is 0. The lowest BCUT2D eigenvalue weighted by Gasteiger charge is -2.32. The third kappa shape index (κ3) is 3.98. The van der Waals surface area contributed by atoms with Gasteiger partial charge in [0.25, 0.3) is 5.91 Å². The van der Waals surface area contributed by atoms with Gasteiger partial charge < -0.3 is 19.8 Å². The van der Waals surface area contributed by atoms with Crippen LogP contribution in [0.2, 0.25) is 0 Å². The first-order valence-electron chi connectivity index (χ1n) is 9.35. The first kappa shape index (κ1) is 19.9. The average molecular weight is 420 g/mol. The third-order valence-corrected chi connectivity index (χ3v) is 4.73. The highest BCUT2D eigenvalue weighted by atomic mass is 19.4. The molecule has 3 heterocycles. The second-order valence-electron chi connectivity index (χ2n) is 6.78. The molecule has 1 aromatic carbocycles. The first-order valence-corrected chi connectivity index (χ1v) is 9.35. The van der Waals surface area contributed by atoms with Gasteiger partial charge >= 0.3 is 6.18 Å². The number of carbonyl (C=O) groups is 1. The fourth-order valence-corrected chi connectivity index (χ4v) is 3.36. The summed E-state index contributed by atoms with van der Waals surface area (Å²) in [6.45, 7) is 2.37. The van der Waals surface area contributed by atoms with Crippen molar-refractivity contribution in [2.75, 3.05) is 17.2 Å². The molecule has 0 fully saturated rings. The summed E-state index contributed by atoms with van der Waals surface area (Å²) in [6, 6.07) is 8.62. The second kappa shape index (κ2) is 7.77. The van der Waals surface area contributed by atoms with Crippen molar-refractivity contribution in [2.24, 2.45) is 0 Å². The normalized spacial score (nSPS) is 18.4. The molecule has 0 spiro atoms. The van der Waals surface area contributed by atoms with Gasteiger partial charge in [-0.05, 0) is 43.3 Å². The predicted octanol–water partition coefficient (Wildman–Crippen LogP) is 4.79. The molecule has 2 atom stereocenters. The minimum Gasteiger partial charge on any atom is -0.494 e. The van der Waals surface area contributed by atoms with Crippen LogP contribution in [0, 0.1) is 0 Å². The molecule has 2 aromatic heterocycles. The summed E-state index contributed by atoms with van der Waals surface area (Å²) in [5.74, 6) is 0.520. The van der Waals surface area contributed by atoms with Crippen LogP contribution in [0.1, 0.15) is 41.7 Å². The van der Waals surface area contributed by atoms with Gasteiger partial charge in [-0.3, -0.25) is 4.79 Å². The number of carbonyl (C=O) groups excluding carboxylic acids is 1. The molecule has 10 heteroatoms. The van der Waals surface area contributed by atoms with Crippen molar-refractivity contribution in [1.82, 2.24) is 9.78 Å². The maximum absolute atomic E-state index is 13.7. The number of hydrogen-bond donors (Lipinski definition) is 2. The zero-order valence-corrected chi connectivity index (χ0v) is 15.9. The molecule has 2 N–H and O–H groups in total. The number of furan rings is 1. The molecule has 0 saturated carbocycles. The standard InChI is InChI=1S/C20H19F3N4O3/c1-2-29-13-7-5-12(6-8-13)24-19(28)15-11-18-25-14(16-4-3-9-30-16)10-17(20(21,22)23)27(18)26-15/h3-9,11,14,17,25H,2,10H2,1H3,(H,24,28)/t14-,17+/m1/s1. The molecule has 1 aliphatic heterocycles. The topological polar surface area (TPSA) is 81.3 Å². The third-order valence-electron chi connectivity index (χ3n) is 4.73. The number of aromatic nitrogens is 2. The fourth-order valence-electron chi connectivity index (χ4n) is 3.36. The Hall–Kier alpha value is -3.43. The molecule has 0 saturated heterocycles. The van der Waals surface area contributed by atoms with E-state index in [4.69, 9.17) is 9.15 Å². The Morgan fingerprint density at radius 1 is 1.33 bits per heavy atom. The van der Waals surface area contributed by atoms with E-state index in [-0.39, 0.29) is 17.9 Å². The molecule has 0 bridgehead atoms. The fraction of sp³-hybridized carbons (Fsp3) is 0.300. The van der Waals surface area contributed by atoms with Gasteiger partial charge in [0.1, 0.15) is 17.3 Å². The Bertz CT molecular complexity index is 1010. The van der Waals surface area contributed by atoms with Gasteiger partial charge in [-0.15, -0.1) is 0 Å². The Morgan fingerprint density at radius 2 is 2.10 bits per heavy atom. The van der Waals surface area contributed by atoms with E-state index in [0.29, 0.717) is 23.8 Å². The minimum atomic E-state index is -4.53. The van der Waals surface area contributed by atoms with E-state index in [0.717, 1.165) is 4.68 Å². The maximum atomic E-state index is 13.7. The molecular weight excluding hydrogens is 401 g/mol. The van der Waals surface area contributed by atoms with Crippen molar-refractivity contribution in [3.8, 4) is 5.75 Å². The van der Waals surface area contributed by atoms with E-state index in [1.807, 2.05) is 6.92 Å². The Labute approximate surface area is 169 Å². The van der Waals surface area contributed by atoms with Crippen LogP contribution in [-0.2, 0) is 0 Å². The smallest absolute Gasteiger partial charge is 0.410 e. The van der Waals surface area contributed by atoms with Gasteiger partial charge in [-0.1, -0.05) is 0 Å². The highest BCUT2D eigenvalue weighted by molar-refractivity contribution is 6.03. The van der Waals surface area contributed by atoms with Crippen molar-refractivity contribution in [3.63, 3.8) is 0 Å². The van der Waals surface area contributed by atoms with Crippen molar-refractivity contribution in [2.45, 2.75) is 31.6 Å². The molecule has 4 rings (SSSR count). The van der Waals surface area contributed by atoms with E-state index in [1.54, 1.807) is 36.4 Å². The van der Waals surface area contributed by atoms with Crippen LogP contribution in [0.4, 0.5) is 24.7 Å². The number of nitrogens with zero attached hydrogens (tertiary/aromatic N) is 2. The highest BCUT2D eigenvalue weighted by Gasteiger charge is 2.47. The van der Waals surface area contributed by atoms with Gasteiger partial charge in [0.05, 0.1) is 18.9 Å². The highest BCUT2D eigenvalue weighted by Crippen LogP contribution is 2.43. The van der Waals surface area contributed by atoms with Crippen molar-refractivity contribution in [3.05, 3.63) is 60.2 Å². The molecular formula is C20H19F3N4O3. The molecule has 1 aliphatic rings. The quantitative estimate of drug-likeness (QED) is 0.621. The van der Waals surface area contributed by atoms with Crippen molar-refractivity contribution >= 4 is 17.4 Å². The molecule has 0 unspecified atom stereocenters. The zero-order valence-electron chi connectivity index (χ0n) is 15.9. The van der Waals surface area contributed by atoms with Crippen molar-refractivity contribution < 1.29 is 27.1 Å². The summed E-state index contributed by atoms with van der Waals surface area (Å²) in [6.07, 6.45) is -3.43. The summed E-state index contributed by atoms with van der Waals surface area (Å²) in [5, 5.41) is 9.53. The predicted molar refractivity (Wildman–Crippen MR) is 103 cm³/mol. The van der Waals surface area contributed by atoms with E-state index in [1.165, 1.54) is 12.3 Å². The van der Waals surface area contributed by atoms with Gasteiger partial charge in [0, 0.05) is 18.2 Å². The number of rotatable bonds is 5. The summed E-state index contributed by atoms with van der Waals surface area (Å²) in [5.41, 5.74) is 0.351. The lowest BCUT2D eigenvalue weighted by molar-refractivity contribution is -0.174. The van der Waals surface area contributed by atoms with E-state index in [2.05, 4.69) is 15.7 Å². The summed E-state index contributed by atoms with van der Waals surface area (Å²) in [4.78, 5) is 12.6. The largest absolute Gasteiger partial charge is 0.494 e. The lowest BCUT2D eigenvalue weighted by atomic mass is 10.0. The van der Waals surface area contributed by atoms with Crippen LogP contribution in [0.25, 0.3) is 0 Å². The van der Waals surface area contributed by atoms with Crippen LogP contribution < -0.4 is 15.4 Å². The molecule has 158 valence electrons. The maximum Gasteiger partial charge on any atom is 0.410 e. The number of alkyl halides is 3. The van der Waals surface area contributed by atoms with Crippen LogP contribution in [0.5, 0.6) is 5.75 Å². The molecule has 0 radical (unpaired) electrons. The summed E-state index contributed by atoms with van der Waals surface area (Å²) < 4.78 is 52.4. The Morgan fingerprint density at radius 3 is 2.73 bits per heavy atom. The number of ether oxygens (including phenoxy) is 1. The van der Waals surface area contributed by atoms with Gasteiger partial charge in [-0.2, -0.15) is 18.3 Å². The first-order chi connectivity index (χ1) is 14.3. The number of anilines is 2. The van der Waals surface area contributed by atoms with Crippen LogP contribution >= 0.6 is 0 Å². The molecule has 30 heavy (non-hydrogen) atoms. The minimum absolute atomic E-state index is 0.0989. The number of fused-ring (bicyclic) bond motifs is 1.